The van der Waals surface area contributed by atoms with Crippen molar-refractivity contribution in [2.75, 3.05) is 6.61 Å². The number of pyridine rings is 1. The Morgan fingerprint density at radius 1 is 1.08 bits per heavy atom. The summed E-state index contributed by atoms with van der Waals surface area (Å²) in [5.74, 6) is 1.31. The van der Waals surface area contributed by atoms with Crippen molar-refractivity contribution < 1.29 is 14.6 Å². The highest BCUT2D eigenvalue weighted by atomic mass is 28.3. The summed E-state index contributed by atoms with van der Waals surface area (Å²) in [7, 11) is -0.584. The van der Waals surface area contributed by atoms with E-state index in [-0.39, 0.29) is 5.75 Å². The molecule has 6 nitrogen and oxygen atoms in total. The van der Waals surface area contributed by atoms with Crippen LogP contribution < -0.4 is 4.74 Å². The molecule has 0 atom stereocenters. The molecule has 0 aliphatic heterocycles. The fourth-order valence-corrected chi connectivity index (χ4v) is 3.02. The largest absolute Gasteiger partial charge is 0.508 e. The quantitative estimate of drug-likeness (QED) is 0.482. The summed E-state index contributed by atoms with van der Waals surface area (Å²) in [6.45, 7) is 5.85. The maximum absolute atomic E-state index is 9.31. The number of hydrogen-bond donors (Lipinski definition) is 1. The van der Waals surface area contributed by atoms with Crippen LogP contribution in [0.5, 0.6) is 17.4 Å². The fourth-order valence-electron chi connectivity index (χ4n) is 2.38. The number of ether oxygens (including phenoxy) is 2. The van der Waals surface area contributed by atoms with E-state index in [2.05, 4.69) is 23.2 Å². The average Bonchev–Trinajstić information content (AvgIpc) is 3.10. The Morgan fingerprint density at radius 2 is 1.88 bits per heavy atom. The van der Waals surface area contributed by atoms with Crippen LogP contribution in [0, 0.1) is 0 Å². The van der Waals surface area contributed by atoms with Gasteiger partial charge in [0.1, 0.15) is 18.2 Å². The fraction of sp³-hybridized carbons (Fsp3) is 0.263. The minimum atomic E-state index is -0.584. The topological polar surface area (TPSA) is 69.4 Å². The molecule has 1 N–H and O–H groups in total. The molecule has 0 saturated heterocycles. The van der Waals surface area contributed by atoms with Gasteiger partial charge in [-0.15, -0.1) is 0 Å². The summed E-state index contributed by atoms with van der Waals surface area (Å²) in [4.78, 5) is 4.35. The summed E-state index contributed by atoms with van der Waals surface area (Å²) in [5, 5.41) is 13.6. The van der Waals surface area contributed by atoms with Crippen LogP contribution in [0.25, 0.3) is 11.3 Å². The summed E-state index contributed by atoms with van der Waals surface area (Å²) in [5.41, 5.74) is 1.90. The van der Waals surface area contributed by atoms with Crippen LogP contribution in [0.2, 0.25) is 19.1 Å². The predicted molar refractivity (Wildman–Crippen MR) is 103 cm³/mol. The van der Waals surface area contributed by atoms with Gasteiger partial charge in [0.15, 0.2) is 0 Å². The van der Waals surface area contributed by atoms with Gasteiger partial charge >= 0.3 is 0 Å². The van der Waals surface area contributed by atoms with E-state index in [1.165, 1.54) is 6.04 Å². The average molecular weight is 369 g/mol. The first-order valence-corrected chi connectivity index (χ1v) is 11.8. The van der Waals surface area contributed by atoms with Crippen molar-refractivity contribution in [1.82, 2.24) is 14.8 Å². The molecule has 0 spiro atoms. The van der Waals surface area contributed by atoms with Crippen LogP contribution in [0.3, 0.4) is 0 Å². The zero-order valence-electron chi connectivity index (χ0n) is 15.0. The third-order valence-corrected chi connectivity index (χ3v) is 5.25. The summed E-state index contributed by atoms with van der Waals surface area (Å²) in [6.07, 6.45) is 3.51. The molecule has 0 aliphatic carbocycles. The van der Waals surface area contributed by atoms with Gasteiger partial charge in [0.25, 0.3) is 0 Å². The van der Waals surface area contributed by atoms with Gasteiger partial charge < -0.3 is 14.6 Å². The number of benzene rings is 1. The Hall–Kier alpha value is -2.64. The molecule has 0 aliphatic rings. The van der Waals surface area contributed by atoms with E-state index >= 15 is 0 Å². The molecular formula is C19H23N3O3Si. The second-order valence-corrected chi connectivity index (χ2v) is 9.78. The molecule has 26 heavy (non-hydrogen) atoms. The lowest BCUT2D eigenvalue weighted by Crippen LogP contribution is -2.10. The van der Waals surface area contributed by atoms with E-state index in [0.29, 0.717) is 18.4 Å². The van der Waals surface area contributed by atoms with Crippen molar-refractivity contribution in [3.8, 4) is 28.6 Å². The molecule has 2 heterocycles. The Bertz CT molecular complexity index is 817. The molecule has 3 rings (SSSR count). The minimum Gasteiger partial charge on any atom is -0.508 e. The Labute approximate surface area is 154 Å². The van der Waals surface area contributed by atoms with Crippen molar-refractivity contribution in [1.29, 1.82) is 0 Å². The zero-order chi connectivity index (χ0) is 18.4. The van der Waals surface area contributed by atoms with Crippen LogP contribution >= 0.6 is 0 Å². The van der Waals surface area contributed by atoms with Crippen molar-refractivity contribution in [2.45, 2.75) is 25.9 Å². The van der Waals surface area contributed by atoms with Crippen molar-refractivity contribution in [3.05, 3.63) is 54.9 Å². The molecule has 0 fully saturated rings. The predicted octanol–water partition coefficient (Wildman–Crippen LogP) is 3.90. The van der Waals surface area contributed by atoms with Gasteiger partial charge in [0.2, 0.25) is 5.88 Å². The van der Waals surface area contributed by atoms with Gasteiger partial charge in [0.05, 0.1) is 5.69 Å². The number of rotatable bonds is 8. The Kier molecular flexibility index (Phi) is 6.03. The molecule has 0 radical (unpaired) electrons. The molecule has 2 aromatic heterocycles. The number of aromatic hydroxyl groups is 1. The zero-order valence-corrected chi connectivity index (χ0v) is 16.2. The second kappa shape index (κ2) is 8.64. The SMILES string of the molecule is C[SiH](C)CCOCn1nccc1-c1ccc(Oc2ccc(O)cc2)nc1. The molecule has 136 valence electrons. The van der Waals surface area contributed by atoms with Gasteiger partial charge in [-0.2, -0.15) is 5.10 Å². The van der Waals surface area contributed by atoms with Gasteiger partial charge in [-0.05, 0) is 42.4 Å². The molecule has 0 bridgehead atoms. The lowest BCUT2D eigenvalue weighted by atomic mass is 10.2. The van der Waals surface area contributed by atoms with E-state index in [9.17, 15) is 5.11 Å². The van der Waals surface area contributed by atoms with Crippen molar-refractivity contribution in [3.63, 3.8) is 0 Å². The van der Waals surface area contributed by atoms with Gasteiger partial charge in [0, 0.05) is 39.4 Å². The molecule has 1 aromatic carbocycles. The Morgan fingerprint density at radius 3 is 2.58 bits per heavy atom. The molecule has 0 saturated carbocycles. The minimum absolute atomic E-state index is 0.201. The monoisotopic (exact) mass is 369 g/mol. The highest BCUT2D eigenvalue weighted by Crippen LogP contribution is 2.24. The molecule has 3 aromatic rings. The number of phenols is 1. The summed E-state index contributed by atoms with van der Waals surface area (Å²) in [6, 6.07) is 13.4. The van der Waals surface area contributed by atoms with Crippen LogP contribution in [0.1, 0.15) is 0 Å². The van der Waals surface area contributed by atoms with Crippen LogP contribution in [0.15, 0.2) is 54.9 Å². The normalized spacial score (nSPS) is 11.0. The van der Waals surface area contributed by atoms with E-state index in [4.69, 9.17) is 9.47 Å². The molecular weight excluding hydrogens is 346 g/mol. The third-order valence-electron chi connectivity index (χ3n) is 3.86. The summed E-state index contributed by atoms with van der Waals surface area (Å²) < 4.78 is 13.2. The molecule has 0 unspecified atom stereocenters. The van der Waals surface area contributed by atoms with Crippen molar-refractivity contribution >= 4 is 8.80 Å². The highest BCUT2D eigenvalue weighted by Gasteiger charge is 2.07. The van der Waals surface area contributed by atoms with E-state index in [1.54, 1.807) is 36.7 Å². The first-order chi connectivity index (χ1) is 12.6. The van der Waals surface area contributed by atoms with Gasteiger partial charge in [-0.3, -0.25) is 0 Å². The lowest BCUT2D eigenvalue weighted by molar-refractivity contribution is 0.0801. The van der Waals surface area contributed by atoms with Gasteiger partial charge in [-0.1, -0.05) is 13.1 Å². The van der Waals surface area contributed by atoms with E-state index in [1.807, 2.05) is 22.9 Å². The molecule has 0 amide bonds. The summed E-state index contributed by atoms with van der Waals surface area (Å²) >= 11 is 0. The standard InChI is InChI=1S/C19H23N3O3Si/c1-26(2)12-11-24-14-22-18(9-10-21-22)15-3-8-19(20-13-15)25-17-6-4-16(23)5-7-17/h3-10,13,23,26H,11-12,14H2,1-2H3. The highest BCUT2D eigenvalue weighted by molar-refractivity contribution is 6.55. The number of phenolic OH excluding ortho intramolecular Hbond substituents is 1. The number of aromatic nitrogens is 3. The van der Waals surface area contributed by atoms with E-state index < -0.39 is 8.80 Å². The number of nitrogens with zero attached hydrogens (tertiary/aromatic N) is 3. The third kappa shape index (κ3) is 4.93. The van der Waals surface area contributed by atoms with Gasteiger partial charge in [-0.25, -0.2) is 9.67 Å². The Balaban J connectivity index is 1.63. The maximum atomic E-state index is 9.31. The lowest BCUT2D eigenvalue weighted by Gasteiger charge is -2.10. The molecule has 7 heteroatoms. The van der Waals surface area contributed by atoms with Crippen LogP contribution in [-0.2, 0) is 11.5 Å². The smallest absolute Gasteiger partial charge is 0.219 e. The van der Waals surface area contributed by atoms with E-state index in [0.717, 1.165) is 17.9 Å². The van der Waals surface area contributed by atoms with Crippen LogP contribution in [-0.4, -0.2) is 35.3 Å². The number of hydrogen-bond acceptors (Lipinski definition) is 5. The maximum Gasteiger partial charge on any atom is 0.219 e. The first kappa shape index (κ1) is 18.2. The second-order valence-electron chi connectivity index (χ2n) is 6.42. The first-order valence-electron chi connectivity index (χ1n) is 8.64. The van der Waals surface area contributed by atoms with Crippen LogP contribution in [0.4, 0.5) is 0 Å². The van der Waals surface area contributed by atoms with Crippen molar-refractivity contribution in [2.24, 2.45) is 0 Å².